The molecule has 0 unspecified atom stereocenters. The smallest absolute Gasteiger partial charge is 0.212 e. The van der Waals surface area contributed by atoms with Gasteiger partial charge in [-0.15, -0.1) is 0 Å². The minimum atomic E-state index is -0.341. The van der Waals surface area contributed by atoms with Crippen LogP contribution in [0, 0.1) is 12.7 Å². The Labute approximate surface area is 113 Å². The van der Waals surface area contributed by atoms with E-state index in [-0.39, 0.29) is 11.6 Å². The summed E-state index contributed by atoms with van der Waals surface area (Å²) in [6, 6.07) is 4.15. The molecule has 0 spiro atoms. The number of aromatic nitrogens is 2. The van der Waals surface area contributed by atoms with Gasteiger partial charge in [0.25, 0.3) is 0 Å². The van der Waals surface area contributed by atoms with Crippen LogP contribution in [0.25, 0.3) is 0 Å². The SMILES string of the molecule is CCn1ncc(Br)c1C(=O)c1ccc(F)cc1C. The molecule has 0 radical (unpaired) electrons. The first-order chi connectivity index (χ1) is 8.54. The van der Waals surface area contributed by atoms with Crippen molar-refractivity contribution in [3.8, 4) is 0 Å². The van der Waals surface area contributed by atoms with Gasteiger partial charge in [-0.3, -0.25) is 9.48 Å². The molecule has 0 saturated heterocycles. The van der Waals surface area contributed by atoms with Gasteiger partial charge in [0.15, 0.2) is 0 Å². The third-order valence-corrected chi connectivity index (χ3v) is 3.32. The number of benzene rings is 1. The van der Waals surface area contributed by atoms with Gasteiger partial charge >= 0.3 is 0 Å². The molecule has 5 heteroatoms. The third kappa shape index (κ3) is 2.22. The number of ketones is 1. The Morgan fingerprint density at radius 1 is 1.50 bits per heavy atom. The van der Waals surface area contributed by atoms with E-state index >= 15 is 0 Å². The van der Waals surface area contributed by atoms with Crippen molar-refractivity contribution in [2.45, 2.75) is 20.4 Å². The first-order valence-corrected chi connectivity index (χ1v) is 6.36. The van der Waals surface area contributed by atoms with Gasteiger partial charge in [-0.2, -0.15) is 5.10 Å². The van der Waals surface area contributed by atoms with Crippen LogP contribution in [0.4, 0.5) is 4.39 Å². The fraction of sp³-hybridized carbons (Fsp3) is 0.231. The minimum Gasteiger partial charge on any atom is -0.287 e. The van der Waals surface area contributed by atoms with E-state index in [1.165, 1.54) is 18.2 Å². The summed E-state index contributed by atoms with van der Waals surface area (Å²) in [4.78, 5) is 12.4. The highest BCUT2D eigenvalue weighted by Gasteiger charge is 2.19. The standard InChI is InChI=1S/C13H12BrFN2O/c1-3-17-12(11(14)7-16-17)13(18)10-5-4-9(15)6-8(10)2/h4-7H,3H2,1-2H3. The van der Waals surface area contributed by atoms with E-state index in [1.54, 1.807) is 17.8 Å². The molecule has 2 aromatic rings. The lowest BCUT2D eigenvalue weighted by Gasteiger charge is -2.07. The summed E-state index contributed by atoms with van der Waals surface area (Å²) in [6.45, 7) is 4.23. The van der Waals surface area contributed by atoms with Crippen LogP contribution in [-0.2, 0) is 6.54 Å². The number of halogens is 2. The zero-order chi connectivity index (χ0) is 13.3. The van der Waals surface area contributed by atoms with Crippen LogP contribution >= 0.6 is 15.9 Å². The fourth-order valence-corrected chi connectivity index (χ4v) is 2.31. The summed E-state index contributed by atoms with van der Waals surface area (Å²) < 4.78 is 15.3. The minimum absolute atomic E-state index is 0.154. The van der Waals surface area contributed by atoms with Crippen molar-refractivity contribution in [2.75, 3.05) is 0 Å². The molecule has 1 heterocycles. The van der Waals surface area contributed by atoms with E-state index in [4.69, 9.17) is 0 Å². The zero-order valence-electron chi connectivity index (χ0n) is 10.1. The fourth-order valence-electron chi connectivity index (χ4n) is 1.84. The van der Waals surface area contributed by atoms with Crippen molar-refractivity contribution < 1.29 is 9.18 Å². The number of aryl methyl sites for hydroxylation is 2. The molecule has 0 atom stereocenters. The van der Waals surface area contributed by atoms with E-state index in [0.29, 0.717) is 27.8 Å². The van der Waals surface area contributed by atoms with Crippen LogP contribution in [0.15, 0.2) is 28.9 Å². The van der Waals surface area contributed by atoms with Gasteiger partial charge < -0.3 is 0 Å². The molecule has 0 fully saturated rings. The largest absolute Gasteiger partial charge is 0.287 e. The molecule has 0 aliphatic rings. The lowest BCUT2D eigenvalue weighted by atomic mass is 10.0. The Hall–Kier alpha value is -1.49. The maximum atomic E-state index is 13.0. The summed E-state index contributed by atoms with van der Waals surface area (Å²) in [7, 11) is 0. The van der Waals surface area contributed by atoms with Gasteiger partial charge in [0.05, 0.1) is 10.7 Å². The highest BCUT2D eigenvalue weighted by atomic mass is 79.9. The number of carbonyl (C=O) groups excluding carboxylic acids is 1. The van der Waals surface area contributed by atoms with Crippen molar-refractivity contribution in [3.63, 3.8) is 0 Å². The summed E-state index contributed by atoms with van der Waals surface area (Å²) in [5.74, 6) is -0.495. The first-order valence-electron chi connectivity index (χ1n) is 5.56. The molecule has 3 nitrogen and oxygen atoms in total. The van der Waals surface area contributed by atoms with Crippen molar-refractivity contribution in [3.05, 3.63) is 51.5 Å². The van der Waals surface area contributed by atoms with E-state index in [1.807, 2.05) is 6.92 Å². The normalized spacial score (nSPS) is 10.7. The Morgan fingerprint density at radius 3 is 2.83 bits per heavy atom. The molecule has 0 aliphatic heterocycles. The quantitative estimate of drug-likeness (QED) is 0.815. The maximum Gasteiger partial charge on any atom is 0.212 e. The molecule has 2 rings (SSSR count). The second-order valence-electron chi connectivity index (χ2n) is 3.95. The zero-order valence-corrected chi connectivity index (χ0v) is 11.7. The Bertz CT molecular complexity index is 607. The van der Waals surface area contributed by atoms with Crippen LogP contribution < -0.4 is 0 Å². The Morgan fingerprint density at radius 2 is 2.22 bits per heavy atom. The van der Waals surface area contributed by atoms with Gasteiger partial charge in [0, 0.05) is 12.1 Å². The van der Waals surface area contributed by atoms with Crippen molar-refractivity contribution >= 4 is 21.7 Å². The molecule has 1 aromatic heterocycles. The Kier molecular flexibility index (Phi) is 3.61. The highest BCUT2D eigenvalue weighted by molar-refractivity contribution is 9.10. The summed E-state index contributed by atoms with van der Waals surface area (Å²) in [5, 5.41) is 4.10. The Balaban J connectivity index is 2.51. The molecule has 18 heavy (non-hydrogen) atoms. The number of hydrogen-bond acceptors (Lipinski definition) is 2. The monoisotopic (exact) mass is 310 g/mol. The molecule has 0 aliphatic carbocycles. The molecule has 94 valence electrons. The van der Waals surface area contributed by atoms with Gasteiger partial charge in [-0.25, -0.2) is 4.39 Å². The molecule has 0 amide bonds. The van der Waals surface area contributed by atoms with Gasteiger partial charge in [-0.1, -0.05) is 0 Å². The van der Waals surface area contributed by atoms with Crippen LogP contribution in [-0.4, -0.2) is 15.6 Å². The van der Waals surface area contributed by atoms with Crippen molar-refractivity contribution in [1.29, 1.82) is 0 Å². The number of hydrogen-bond donors (Lipinski definition) is 0. The predicted octanol–water partition coefficient (Wildman–Crippen LogP) is 3.34. The van der Waals surface area contributed by atoms with Crippen LogP contribution in [0.5, 0.6) is 0 Å². The summed E-state index contributed by atoms with van der Waals surface area (Å²) >= 11 is 3.32. The maximum absolute atomic E-state index is 13.0. The highest BCUT2D eigenvalue weighted by Crippen LogP contribution is 2.22. The molecular formula is C13H12BrFN2O. The van der Waals surface area contributed by atoms with Crippen molar-refractivity contribution in [1.82, 2.24) is 9.78 Å². The second kappa shape index (κ2) is 5.02. The van der Waals surface area contributed by atoms with Crippen LogP contribution in [0.3, 0.4) is 0 Å². The number of nitrogens with zero attached hydrogens (tertiary/aromatic N) is 2. The van der Waals surface area contributed by atoms with E-state index in [0.717, 1.165) is 0 Å². The molecule has 0 N–H and O–H groups in total. The van der Waals surface area contributed by atoms with E-state index in [2.05, 4.69) is 21.0 Å². The first kappa shape index (κ1) is 13.0. The van der Waals surface area contributed by atoms with E-state index in [9.17, 15) is 9.18 Å². The average Bonchev–Trinajstić information content (AvgIpc) is 2.69. The number of rotatable bonds is 3. The van der Waals surface area contributed by atoms with Crippen molar-refractivity contribution in [2.24, 2.45) is 0 Å². The lowest BCUT2D eigenvalue weighted by Crippen LogP contribution is -2.12. The molecular weight excluding hydrogens is 299 g/mol. The molecule has 0 bridgehead atoms. The topological polar surface area (TPSA) is 34.9 Å². The third-order valence-electron chi connectivity index (χ3n) is 2.74. The van der Waals surface area contributed by atoms with E-state index < -0.39 is 0 Å². The summed E-state index contributed by atoms with van der Waals surface area (Å²) in [5.41, 5.74) is 1.61. The molecule has 1 aromatic carbocycles. The second-order valence-corrected chi connectivity index (χ2v) is 4.80. The van der Waals surface area contributed by atoms with Gasteiger partial charge in [-0.05, 0) is 53.5 Å². The predicted molar refractivity (Wildman–Crippen MR) is 70.2 cm³/mol. The van der Waals surface area contributed by atoms with Gasteiger partial charge in [0.1, 0.15) is 11.5 Å². The average molecular weight is 311 g/mol. The molecule has 0 saturated carbocycles. The van der Waals surface area contributed by atoms with Gasteiger partial charge in [0.2, 0.25) is 5.78 Å². The number of carbonyl (C=O) groups is 1. The van der Waals surface area contributed by atoms with Crippen LogP contribution in [0.1, 0.15) is 28.5 Å². The lowest BCUT2D eigenvalue weighted by molar-refractivity contribution is 0.102. The van der Waals surface area contributed by atoms with Crippen LogP contribution in [0.2, 0.25) is 0 Å². The summed E-state index contributed by atoms with van der Waals surface area (Å²) in [6.07, 6.45) is 1.59.